The van der Waals surface area contributed by atoms with E-state index in [0.29, 0.717) is 16.7 Å². The molecule has 0 N–H and O–H groups in total. The first-order chi connectivity index (χ1) is 24.5. The summed E-state index contributed by atoms with van der Waals surface area (Å²) >= 11 is 0. The fourth-order valence-corrected chi connectivity index (χ4v) is 7.07. The lowest BCUT2D eigenvalue weighted by Gasteiger charge is -2.30. The Morgan fingerprint density at radius 2 is 1.00 bits per heavy atom. The van der Waals surface area contributed by atoms with E-state index in [0.717, 1.165) is 66.7 Å². The molecule has 0 saturated carbocycles. The van der Waals surface area contributed by atoms with Gasteiger partial charge < -0.3 is 9.80 Å². The Kier molecular flexibility index (Phi) is 7.34. The summed E-state index contributed by atoms with van der Waals surface area (Å²) in [6.45, 7) is 2.11. The van der Waals surface area contributed by atoms with Crippen molar-refractivity contribution in [1.82, 2.24) is 0 Å². The molecule has 8 rings (SSSR count). The molecule has 0 saturated heterocycles. The third-order valence-corrected chi connectivity index (χ3v) is 9.61. The number of benzene rings is 8. The van der Waals surface area contributed by atoms with Crippen LogP contribution in [0.3, 0.4) is 0 Å². The number of hydrogen-bond donors (Lipinski definition) is 0. The molecule has 0 atom stereocenters. The van der Waals surface area contributed by atoms with Crippen molar-refractivity contribution < 1.29 is 0 Å². The molecule has 0 aliphatic carbocycles. The third kappa shape index (κ3) is 5.01. The van der Waals surface area contributed by atoms with E-state index in [4.69, 9.17) is 0 Å². The Morgan fingerprint density at radius 1 is 0.460 bits per heavy atom. The van der Waals surface area contributed by atoms with Crippen molar-refractivity contribution in [1.29, 1.82) is 15.8 Å². The van der Waals surface area contributed by atoms with Gasteiger partial charge in [0.1, 0.15) is 0 Å². The topological polar surface area (TPSA) is 77.8 Å². The maximum Gasteiger partial charge on any atom is 0.0992 e. The lowest BCUT2D eigenvalue weighted by Crippen LogP contribution is -2.12. The van der Waals surface area contributed by atoms with Crippen LogP contribution in [-0.4, -0.2) is 7.05 Å². The van der Waals surface area contributed by atoms with Crippen LogP contribution < -0.4 is 9.80 Å². The highest BCUT2D eigenvalue weighted by atomic mass is 15.1. The number of anilines is 5. The Labute approximate surface area is 290 Å². The summed E-state index contributed by atoms with van der Waals surface area (Å²) in [5.74, 6) is 0. The summed E-state index contributed by atoms with van der Waals surface area (Å²) in [5, 5.41) is 35.7. The maximum absolute atomic E-state index is 9.90. The minimum atomic E-state index is 0.583. The zero-order chi connectivity index (χ0) is 34.4. The van der Waals surface area contributed by atoms with Gasteiger partial charge in [0.2, 0.25) is 0 Å². The first-order valence-corrected chi connectivity index (χ1v) is 16.3. The molecule has 0 spiro atoms. The predicted molar refractivity (Wildman–Crippen MR) is 204 cm³/mol. The van der Waals surface area contributed by atoms with Crippen LogP contribution in [-0.2, 0) is 0 Å². The van der Waals surface area contributed by atoms with Crippen molar-refractivity contribution in [3.8, 4) is 29.3 Å². The van der Waals surface area contributed by atoms with Gasteiger partial charge in [-0.2, -0.15) is 15.8 Å². The van der Waals surface area contributed by atoms with Gasteiger partial charge in [-0.25, -0.2) is 0 Å². The van der Waals surface area contributed by atoms with Gasteiger partial charge in [0, 0.05) is 40.6 Å². The number of aryl methyl sites for hydroxylation is 1. The zero-order valence-corrected chi connectivity index (χ0v) is 27.5. The summed E-state index contributed by atoms with van der Waals surface area (Å²) < 4.78 is 0. The van der Waals surface area contributed by atoms with Crippen LogP contribution in [0.5, 0.6) is 0 Å². The van der Waals surface area contributed by atoms with Gasteiger partial charge in [-0.05, 0) is 112 Å². The second kappa shape index (κ2) is 12.1. The smallest absolute Gasteiger partial charge is 0.0992 e. The molecule has 50 heavy (non-hydrogen) atoms. The molecule has 0 unspecified atom stereocenters. The summed E-state index contributed by atoms with van der Waals surface area (Å²) in [6.07, 6.45) is 0. The Bertz CT molecular complexity index is 2720. The Morgan fingerprint density at radius 3 is 1.64 bits per heavy atom. The van der Waals surface area contributed by atoms with Crippen molar-refractivity contribution in [3.63, 3.8) is 0 Å². The van der Waals surface area contributed by atoms with Crippen LogP contribution in [0.4, 0.5) is 28.4 Å². The van der Waals surface area contributed by atoms with Crippen LogP contribution in [0.2, 0.25) is 0 Å². The highest BCUT2D eigenvalue weighted by Crippen LogP contribution is 2.47. The van der Waals surface area contributed by atoms with E-state index in [9.17, 15) is 15.8 Å². The summed E-state index contributed by atoms with van der Waals surface area (Å²) in [4.78, 5) is 4.40. The first-order valence-electron chi connectivity index (χ1n) is 16.3. The van der Waals surface area contributed by atoms with Gasteiger partial charge in [-0.1, -0.05) is 72.8 Å². The van der Waals surface area contributed by atoms with Gasteiger partial charge in [0.05, 0.1) is 40.6 Å². The standard InChI is InChI=1S/C45H29N5/c1-29-9-12-36(33-13-10-30(26-46)11-14-33)25-43(29)50(38-8-4-6-32(24-38)28-48)42-22-18-35-15-19-39-41(49(2)37-7-3-5-31(23-37)27-47)21-17-34-16-20-40(42)45(35)44(34)39/h3-25H,1-2H3. The molecule has 8 aromatic rings. The lowest BCUT2D eigenvalue weighted by atomic mass is 9.91. The van der Waals surface area contributed by atoms with Crippen molar-refractivity contribution >= 4 is 60.8 Å². The van der Waals surface area contributed by atoms with E-state index >= 15 is 0 Å². The average Bonchev–Trinajstić information content (AvgIpc) is 3.18. The molecule has 0 fully saturated rings. The summed E-state index contributed by atoms with van der Waals surface area (Å²) in [5.41, 5.74) is 9.83. The fourth-order valence-electron chi connectivity index (χ4n) is 7.07. The Hall–Kier alpha value is -7.13. The number of rotatable bonds is 6. The van der Waals surface area contributed by atoms with E-state index in [-0.39, 0.29) is 0 Å². The van der Waals surface area contributed by atoms with Gasteiger partial charge in [-0.15, -0.1) is 0 Å². The quantitative estimate of drug-likeness (QED) is 0.169. The van der Waals surface area contributed by atoms with Crippen LogP contribution in [0.1, 0.15) is 22.3 Å². The second-order valence-corrected chi connectivity index (χ2v) is 12.5. The fraction of sp³-hybridized carbons (Fsp3) is 0.0444. The van der Waals surface area contributed by atoms with Gasteiger partial charge in [-0.3, -0.25) is 0 Å². The monoisotopic (exact) mass is 639 g/mol. The third-order valence-electron chi connectivity index (χ3n) is 9.61. The van der Waals surface area contributed by atoms with E-state index in [2.05, 4.69) is 108 Å². The molecule has 234 valence electrons. The van der Waals surface area contributed by atoms with Crippen LogP contribution in [0.25, 0.3) is 43.4 Å². The lowest BCUT2D eigenvalue weighted by molar-refractivity contribution is 1.22. The van der Waals surface area contributed by atoms with E-state index < -0.39 is 0 Å². The van der Waals surface area contributed by atoms with Crippen LogP contribution in [0.15, 0.2) is 140 Å². The van der Waals surface area contributed by atoms with E-state index in [1.54, 1.807) is 0 Å². The molecule has 0 bridgehead atoms. The first kappa shape index (κ1) is 30.2. The van der Waals surface area contributed by atoms with Gasteiger partial charge in [0.25, 0.3) is 0 Å². The average molecular weight is 640 g/mol. The second-order valence-electron chi connectivity index (χ2n) is 12.5. The largest absolute Gasteiger partial charge is 0.344 e. The summed E-state index contributed by atoms with van der Waals surface area (Å²) in [7, 11) is 2.04. The predicted octanol–water partition coefficient (Wildman–Crippen LogP) is 11.4. The van der Waals surface area contributed by atoms with Crippen LogP contribution >= 0.6 is 0 Å². The molecule has 0 aliphatic heterocycles. The van der Waals surface area contributed by atoms with Crippen molar-refractivity contribution in [2.24, 2.45) is 0 Å². The number of hydrogen-bond acceptors (Lipinski definition) is 5. The van der Waals surface area contributed by atoms with E-state index in [1.807, 2.05) is 73.8 Å². The van der Waals surface area contributed by atoms with Crippen molar-refractivity contribution in [3.05, 3.63) is 162 Å². The minimum absolute atomic E-state index is 0.583. The molecular formula is C45H29N5. The van der Waals surface area contributed by atoms with Crippen molar-refractivity contribution in [2.45, 2.75) is 6.92 Å². The molecule has 0 heterocycles. The van der Waals surface area contributed by atoms with Gasteiger partial charge >= 0.3 is 0 Å². The SMILES string of the molecule is Cc1ccc(-c2ccc(C#N)cc2)cc1N(c1cccc(C#N)c1)c1ccc2ccc3c(N(C)c4cccc(C#N)c4)ccc4ccc1c2c43. The normalized spacial score (nSPS) is 10.9. The highest BCUT2D eigenvalue weighted by molar-refractivity contribution is 6.28. The zero-order valence-electron chi connectivity index (χ0n) is 27.5. The minimum Gasteiger partial charge on any atom is -0.344 e. The summed E-state index contributed by atoms with van der Waals surface area (Å²) in [6, 6.07) is 53.8. The number of nitrogens with zero attached hydrogens (tertiary/aromatic N) is 5. The molecule has 0 amide bonds. The molecule has 5 heteroatoms. The van der Waals surface area contributed by atoms with Crippen molar-refractivity contribution in [2.75, 3.05) is 16.8 Å². The number of nitriles is 3. The van der Waals surface area contributed by atoms with E-state index in [1.165, 1.54) is 10.8 Å². The molecule has 0 aromatic heterocycles. The van der Waals surface area contributed by atoms with Crippen LogP contribution in [0, 0.1) is 40.9 Å². The maximum atomic E-state index is 9.90. The molecule has 0 aliphatic rings. The Balaban J connectivity index is 1.37. The van der Waals surface area contributed by atoms with Gasteiger partial charge in [0.15, 0.2) is 0 Å². The molecule has 0 radical (unpaired) electrons. The highest BCUT2D eigenvalue weighted by Gasteiger charge is 2.22. The molecule has 8 aromatic carbocycles. The molecular weight excluding hydrogens is 611 g/mol. The molecule has 5 nitrogen and oxygen atoms in total.